The highest BCUT2D eigenvalue weighted by atomic mass is 79.9. The van der Waals surface area contributed by atoms with Gasteiger partial charge in [0.2, 0.25) is 0 Å². The zero-order chi connectivity index (χ0) is 15.5. The number of rotatable bonds is 4. The van der Waals surface area contributed by atoms with E-state index in [0.29, 0.717) is 10.2 Å². The van der Waals surface area contributed by atoms with Gasteiger partial charge < -0.3 is 4.74 Å². The van der Waals surface area contributed by atoms with Crippen LogP contribution in [0.2, 0.25) is 0 Å². The number of benzene rings is 1. The molecule has 2 rings (SSSR count). The number of ether oxygens (including phenoxy) is 1. The van der Waals surface area contributed by atoms with Gasteiger partial charge in [-0.2, -0.15) is 0 Å². The first-order valence-electron chi connectivity index (χ1n) is 7.88. The summed E-state index contributed by atoms with van der Waals surface area (Å²) < 4.78 is 6.98. The van der Waals surface area contributed by atoms with Gasteiger partial charge in [0.1, 0.15) is 5.75 Å². The van der Waals surface area contributed by atoms with E-state index in [-0.39, 0.29) is 0 Å². The summed E-state index contributed by atoms with van der Waals surface area (Å²) in [5.41, 5.74) is 0.427. The second kappa shape index (κ2) is 7.50. The van der Waals surface area contributed by atoms with Crippen LogP contribution in [0.4, 0.5) is 0 Å². The molecule has 1 saturated carbocycles. The largest absolute Gasteiger partial charge is 0.494 e. The van der Waals surface area contributed by atoms with Gasteiger partial charge in [-0.3, -0.25) is 0 Å². The first kappa shape index (κ1) is 17.3. The minimum atomic E-state index is 0.427. The van der Waals surface area contributed by atoms with E-state index >= 15 is 0 Å². The molecule has 3 atom stereocenters. The molecule has 0 aromatic heterocycles. The molecule has 1 aromatic carbocycles. The van der Waals surface area contributed by atoms with Crippen molar-refractivity contribution in [2.75, 3.05) is 6.61 Å². The van der Waals surface area contributed by atoms with E-state index < -0.39 is 0 Å². The fourth-order valence-corrected chi connectivity index (χ4v) is 4.32. The summed E-state index contributed by atoms with van der Waals surface area (Å²) in [7, 11) is 0. The molecule has 3 unspecified atom stereocenters. The van der Waals surface area contributed by atoms with Crippen LogP contribution in [0, 0.1) is 17.3 Å². The molecule has 0 saturated heterocycles. The third-order valence-corrected chi connectivity index (χ3v) is 6.37. The zero-order valence-electron chi connectivity index (χ0n) is 13.2. The maximum atomic E-state index is 5.91. The van der Waals surface area contributed by atoms with Gasteiger partial charge in [0, 0.05) is 9.30 Å². The molecule has 0 N–H and O–H groups in total. The number of hydrogen-bond acceptors (Lipinski definition) is 1. The number of alkyl halides is 1. The highest BCUT2D eigenvalue weighted by Gasteiger charge is 2.34. The van der Waals surface area contributed by atoms with E-state index in [1.54, 1.807) is 0 Å². The van der Waals surface area contributed by atoms with Crippen molar-refractivity contribution >= 4 is 31.9 Å². The van der Waals surface area contributed by atoms with Crippen LogP contribution < -0.4 is 4.74 Å². The number of halogens is 2. The van der Waals surface area contributed by atoms with Gasteiger partial charge in [-0.1, -0.05) is 58.7 Å². The second-order valence-electron chi connectivity index (χ2n) is 7.25. The smallest absolute Gasteiger partial charge is 0.120 e. The van der Waals surface area contributed by atoms with Crippen LogP contribution in [0.15, 0.2) is 28.7 Å². The lowest BCUT2D eigenvalue weighted by atomic mass is 9.68. The van der Waals surface area contributed by atoms with Gasteiger partial charge >= 0.3 is 0 Å². The highest BCUT2D eigenvalue weighted by molar-refractivity contribution is 9.10. The maximum Gasteiger partial charge on any atom is 0.120 e. The van der Waals surface area contributed by atoms with Gasteiger partial charge in [-0.25, -0.2) is 0 Å². The Hall–Kier alpha value is -0.0200. The van der Waals surface area contributed by atoms with Gasteiger partial charge in [0.15, 0.2) is 0 Å². The minimum absolute atomic E-state index is 0.427. The fraction of sp³-hybridized carbons (Fsp3) is 0.667. The summed E-state index contributed by atoms with van der Waals surface area (Å²) >= 11 is 7.37. The normalized spacial score (nSPS) is 26.6. The molecule has 3 heteroatoms. The zero-order valence-corrected chi connectivity index (χ0v) is 16.4. The maximum absolute atomic E-state index is 5.91. The predicted molar refractivity (Wildman–Crippen MR) is 97.3 cm³/mol. The molecule has 1 aliphatic carbocycles. The van der Waals surface area contributed by atoms with Crippen LogP contribution in [0.5, 0.6) is 5.75 Å². The standard InChI is InChI=1S/C18H26Br2O/c1-18(2,3)14-7-8-17(20)13(11-14)9-10-21-16-6-4-5-15(19)12-16/h4-6,12-14,17H,7-11H2,1-3H3. The molecule has 0 radical (unpaired) electrons. The van der Waals surface area contributed by atoms with E-state index in [0.717, 1.165) is 35.1 Å². The first-order chi connectivity index (χ1) is 9.86. The summed E-state index contributed by atoms with van der Waals surface area (Å²) in [6.07, 6.45) is 5.10. The summed E-state index contributed by atoms with van der Waals surface area (Å²) in [6, 6.07) is 8.10. The Morgan fingerprint density at radius 3 is 2.67 bits per heavy atom. The minimum Gasteiger partial charge on any atom is -0.494 e. The van der Waals surface area contributed by atoms with Gasteiger partial charge in [0.05, 0.1) is 6.61 Å². The van der Waals surface area contributed by atoms with E-state index in [9.17, 15) is 0 Å². The summed E-state index contributed by atoms with van der Waals surface area (Å²) in [4.78, 5) is 0.655. The van der Waals surface area contributed by atoms with Crippen LogP contribution in [0.1, 0.15) is 46.5 Å². The Kier molecular flexibility index (Phi) is 6.19. The molecule has 21 heavy (non-hydrogen) atoms. The molecular formula is C18H26Br2O. The van der Waals surface area contributed by atoms with Crippen molar-refractivity contribution < 1.29 is 4.74 Å². The van der Waals surface area contributed by atoms with Crippen molar-refractivity contribution in [3.63, 3.8) is 0 Å². The Morgan fingerprint density at radius 2 is 2.00 bits per heavy atom. The Morgan fingerprint density at radius 1 is 1.24 bits per heavy atom. The summed E-state index contributed by atoms with van der Waals surface area (Å²) in [5, 5.41) is 0. The van der Waals surface area contributed by atoms with E-state index in [4.69, 9.17) is 4.74 Å². The lowest BCUT2D eigenvalue weighted by Crippen LogP contribution is -2.32. The lowest BCUT2D eigenvalue weighted by molar-refractivity contribution is 0.133. The number of hydrogen-bond donors (Lipinski definition) is 0. The molecule has 118 valence electrons. The highest BCUT2D eigenvalue weighted by Crippen LogP contribution is 2.43. The molecule has 0 spiro atoms. The Bertz CT molecular complexity index is 453. The summed E-state index contributed by atoms with van der Waals surface area (Å²) in [6.45, 7) is 7.93. The van der Waals surface area contributed by atoms with Crippen LogP contribution >= 0.6 is 31.9 Å². The van der Waals surface area contributed by atoms with Crippen molar-refractivity contribution in [3.05, 3.63) is 28.7 Å². The van der Waals surface area contributed by atoms with Crippen molar-refractivity contribution in [1.29, 1.82) is 0 Å². The first-order valence-corrected chi connectivity index (χ1v) is 9.59. The third kappa shape index (κ3) is 5.28. The van der Waals surface area contributed by atoms with E-state index in [1.807, 2.05) is 24.3 Å². The van der Waals surface area contributed by atoms with Crippen molar-refractivity contribution in [2.45, 2.75) is 51.3 Å². The monoisotopic (exact) mass is 416 g/mol. The summed E-state index contributed by atoms with van der Waals surface area (Å²) in [5.74, 6) is 2.52. The van der Waals surface area contributed by atoms with Gasteiger partial charge in [0.25, 0.3) is 0 Å². The molecule has 1 aromatic rings. The van der Waals surface area contributed by atoms with E-state index in [1.165, 1.54) is 19.3 Å². The lowest BCUT2D eigenvalue weighted by Gasteiger charge is -2.40. The van der Waals surface area contributed by atoms with Gasteiger partial charge in [-0.05, 0) is 61.1 Å². The average Bonchev–Trinajstić information content (AvgIpc) is 2.39. The topological polar surface area (TPSA) is 9.23 Å². The predicted octanol–water partition coefficient (Wildman–Crippen LogP) is 6.44. The SMILES string of the molecule is CC(C)(C)C1CCC(Br)C(CCOc2cccc(Br)c2)C1. The van der Waals surface area contributed by atoms with Crippen molar-refractivity contribution in [2.24, 2.45) is 17.3 Å². The Balaban J connectivity index is 1.83. The van der Waals surface area contributed by atoms with Crippen molar-refractivity contribution in [1.82, 2.24) is 0 Å². The molecule has 1 nitrogen and oxygen atoms in total. The third-order valence-electron chi connectivity index (χ3n) is 4.67. The van der Waals surface area contributed by atoms with Crippen LogP contribution in [0.25, 0.3) is 0 Å². The van der Waals surface area contributed by atoms with Crippen LogP contribution in [-0.4, -0.2) is 11.4 Å². The molecule has 0 aliphatic heterocycles. The van der Waals surface area contributed by atoms with Crippen LogP contribution in [-0.2, 0) is 0 Å². The molecular weight excluding hydrogens is 392 g/mol. The molecule has 0 bridgehead atoms. The Labute approximate surface area is 146 Å². The fourth-order valence-electron chi connectivity index (χ4n) is 3.20. The van der Waals surface area contributed by atoms with Crippen LogP contribution in [0.3, 0.4) is 0 Å². The molecule has 1 fully saturated rings. The van der Waals surface area contributed by atoms with E-state index in [2.05, 4.69) is 52.6 Å². The van der Waals surface area contributed by atoms with Crippen molar-refractivity contribution in [3.8, 4) is 5.75 Å². The quantitative estimate of drug-likeness (QED) is 0.511. The molecule has 1 aliphatic rings. The second-order valence-corrected chi connectivity index (χ2v) is 9.34. The average molecular weight is 418 g/mol. The molecule has 0 amide bonds. The van der Waals surface area contributed by atoms with Gasteiger partial charge in [-0.15, -0.1) is 0 Å². The molecule has 0 heterocycles.